The normalized spacial score (nSPS) is 20.7. The highest BCUT2D eigenvalue weighted by Crippen LogP contribution is 2.25. The molecule has 1 saturated heterocycles. The fourth-order valence-electron chi connectivity index (χ4n) is 3.14. The van der Waals surface area contributed by atoms with Gasteiger partial charge in [0.05, 0.1) is 0 Å². The van der Waals surface area contributed by atoms with Crippen molar-refractivity contribution in [1.82, 2.24) is 4.90 Å². The first-order chi connectivity index (χ1) is 10.2. The summed E-state index contributed by atoms with van der Waals surface area (Å²) >= 11 is 0. The van der Waals surface area contributed by atoms with Crippen molar-refractivity contribution < 1.29 is 9.59 Å². The van der Waals surface area contributed by atoms with Gasteiger partial charge in [0.2, 0.25) is 5.91 Å². The Bertz CT molecular complexity index is 577. The highest BCUT2D eigenvalue weighted by molar-refractivity contribution is 5.98. The number of rotatable bonds is 2. The van der Waals surface area contributed by atoms with Crippen LogP contribution in [0.3, 0.4) is 0 Å². The number of nitrogens with one attached hydrogen (secondary N) is 1. The first-order valence-electron chi connectivity index (χ1n) is 7.59. The summed E-state index contributed by atoms with van der Waals surface area (Å²) in [6.45, 7) is 2.20. The zero-order chi connectivity index (χ0) is 14.8. The Morgan fingerprint density at radius 1 is 1.36 bits per heavy atom. The maximum absolute atomic E-state index is 12.6. The molecule has 0 aromatic heterocycles. The molecule has 2 aliphatic heterocycles. The number of likely N-dealkylation sites (tertiary alicyclic amines) is 1. The minimum Gasteiger partial charge on any atom is -0.338 e. The maximum Gasteiger partial charge on any atom is 0.253 e. The van der Waals surface area contributed by atoms with E-state index in [4.69, 9.17) is 5.73 Å². The van der Waals surface area contributed by atoms with Crippen molar-refractivity contribution in [2.24, 2.45) is 11.7 Å². The standard InChI is InChI=1S/C16H21N3O2.ClH/c17-9-11-2-1-7-19(10-11)16(21)13-3-5-14-12(8-13)4-6-15(20)18-14;/h3,5,8,11H,1-2,4,6-7,9-10,17H2,(H,18,20);1H. The number of piperidine rings is 1. The van der Waals surface area contributed by atoms with Crippen LogP contribution in [0.25, 0.3) is 0 Å². The van der Waals surface area contributed by atoms with E-state index in [1.165, 1.54) is 0 Å². The van der Waals surface area contributed by atoms with Crippen LogP contribution in [-0.2, 0) is 11.2 Å². The van der Waals surface area contributed by atoms with Crippen molar-refractivity contribution in [3.05, 3.63) is 29.3 Å². The Morgan fingerprint density at radius 2 is 2.18 bits per heavy atom. The second kappa shape index (κ2) is 7.11. The SMILES string of the molecule is Cl.NCC1CCCN(C(=O)c2ccc3c(c2)CCC(=O)N3)C1. The zero-order valence-corrected chi connectivity index (χ0v) is 13.3. The molecule has 2 amide bonds. The molecule has 3 N–H and O–H groups in total. The van der Waals surface area contributed by atoms with Gasteiger partial charge in [0.15, 0.2) is 0 Å². The molecule has 6 heteroatoms. The number of aryl methyl sites for hydroxylation is 1. The third kappa shape index (κ3) is 3.42. The van der Waals surface area contributed by atoms with E-state index < -0.39 is 0 Å². The Labute approximate surface area is 136 Å². The summed E-state index contributed by atoms with van der Waals surface area (Å²) in [5, 5.41) is 2.84. The minimum absolute atomic E-state index is 0. The third-order valence-corrected chi connectivity index (χ3v) is 4.39. The lowest BCUT2D eigenvalue weighted by atomic mass is 9.96. The second-order valence-corrected chi connectivity index (χ2v) is 5.92. The van der Waals surface area contributed by atoms with Gasteiger partial charge in [-0.3, -0.25) is 9.59 Å². The Hall–Kier alpha value is -1.59. The number of hydrogen-bond acceptors (Lipinski definition) is 3. The summed E-state index contributed by atoms with van der Waals surface area (Å²) in [4.78, 5) is 25.9. The predicted molar refractivity (Wildman–Crippen MR) is 88.3 cm³/mol. The zero-order valence-electron chi connectivity index (χ0n) is 12.5. The van der Waals surface area contributed by atoms with Crippen molar-refractivity contribution in [2.75, 3.05) is 25.0 Å². The molecular weight excluding hydrogens is 302 g/mol. The second-order valence-electron chi connectivity index (χ2n) is 5.92. The van der Waals surface area contributed by atoms with Crippen LogP contribution < -0.4 is 11.1 Å². The van der Waals surface area contributed by atoms with Gasteiger partial charge in [-0.15, -0.1) is 12.4 Å². The van der Waals surface area contributed by atoms with E-state index >= 15 is 0 Å². The van der Waals surface area contributed by atoms with E-state index in [1.807, 2.05) is 17.0 Å². The van der Waals surface area contributed by atoms with E-state index in [0.717, 1.165) is 37.2 Å². The quantitative estimate of drug-likeness (QED) is 0.871. The highest BCUT2D eigenvalue weighted by Gasteiger charge is 2.24. The average molecular weight is 324 g/mol. The number of amides is 2. The van der Waals surface area contributed by atoms with E-state index in [2.05, 4.69) is 5.32 Å². The molecule has 2 aliphatic rings. The number of benzene rings is 1. The fourth-order valence-corrected chi connectivity index (χ4v) is 3.14. The molecule has 0 spiro atoms. The van der Waals surface area contributed by atoms with Crippen LogP contribution >= 0.6 is 12.4 Å². The molecule has 0 bridgehead atoms. The van der Waals surface area contributed by atoms with Gasteiger partial charge in [-0.05, 0) is 55.5 Å². The molecule has 2 heterocycles. The highest BCUT2D eigenvalue weighted by atomic mass is 35.5. The van der Waals surface area contributed by atoms with Gasteiger partial charge >= 0.3 is 0 Å². The van der Waals surface area contributed by atoms with Gasteiger partial charge in [-0.25, -0.2) is 0 Å². The number of hydrogen-bond donors (Lipinski definition) is 2. The molecule has 0 radical (unpaired) electrons. The molecule has 1 fully saturated rings. The van der Waals surface area contributed by atoms with Crippen molar-refractivity contribution in [2.45, 2.75) is 25.7 Å². The van der Waals surface area contributed by atoms with Crippen molar-refractivity contribution in [3.63, 3.8) is 0 Å². The van der Waals surface area contributed by atoms with Crippen molar-refractivity contribution >= 4 is 29.9 Å². The van der Waals surface area contributed by atoms with E-state index in [0.29, 0.717) is 30.9 Å². The van der Waals surface area contributed by atoms with Crippen LogP contribution in [-0.4, -0.2) is 36.3 Å². The molecule has 0 aliphatic carbocycles. The number of nitrogens with two attached hydrogens (primary N) is 1. The monoisotopic (exact) mass is 323 g/mol. The van der Waals surface area contributed by atoms with Gasteiger partial charge in [0.1, 0.15) is 0 Å². The van der Waals surface area contributed by atoms with Crippen LogP contribution in [0.4, 0.5) is 5.69 Å². The fraction of sp³-hybridized carbons (Fsp3) is 0.500. The number of nitrogens with zero attached hydrogens (tertiary/aromatic N) is 1. The van der Waals surface area contributed by atoms with Crippen molar-refractivity contribution in [1.29, 1.82) is 0 Å². The summed E-state index contributed by atoms with van der Waals surface area (Å²) in [6, 6.07) is 5.56. The van der Waals surface area contributed by atoms with Crippen LogP contribution in [0.5, 0.6) is 0 Å². The molecule has 22 heavy (non-hydrogen) atoms. The molecule has 0 saturated carbocycles. The number of carbonyl (C=O) groups excluding carboxylic acids is 2. The Kier molecular flexibility index (Phi) is 5.42. The summed E-state index contributed by atoms with van der Waals surface area (Å²) < 4.78 is 0. The van der Waals surface area contributed by atoms with E-state index in [-0.39, 0.29) is 24.2 Å². The Morgan fingerprint density at radius 3 is 2.95 bits per heavy atom. The molecule has 5 nitrogen and oxygen atoms in total. The van der Waals surface area contributed by atoms with Crippen molar-refractivity contribution in [3.8, 4) is 0 Å². The topological polar surface area (TPSA) is 75.4 Å². The van der Waals surface area contributed by atoms with Gasteiger partial charge in [-0.2, -0.15) is 0 Å². The molecule has 1 atom stereocenters. The first-order valence-corrected chi connectivity index (χ1v) is 7.59. The number of anilines is 1. The van der Waals surface area contributed by atoms with E-state index in [1.54, 1.807) is 6.07 Å². The lowest BCUT2D eigenvalue weighted by Gasteiger charge is -2.32. The molecule has 120 valence electrons. The molecular formula is C16H22ClN3O2. The van der Waals surface area contributed by atoms with E-state index in [9.17, 15) is 9.59 Å². The molecule has 1 unspecified atom stereocenters. The number of halogens is 1. The van der Waals surface area contributed by atoms with Gasteiger partial charge in [0.25, 0.3) is 5.91 Å². The third-order valence-electron chi connectivity index (χ3n) is 4.39. The largest absolute Gasteiger partial charge is 0.338 e. The summed E-state index contributed by atoms with van der Waals surface area (Å²) in [7, 11) is 0. The minimum atomic E-state index is 0. The van der Waals surface area contributed by atoms with Gasteiger partial charge < -0.3 is 16.0 Å². The molecule has 3 rings (SSSR count). The number of fused-ring (bicyclic) bond motifs is 1. The lowest BCUT2D eigenvalue weighted by molar-refractivity contribution is -0.116. The van der Waals surface area contributed by atoms with Crippen LogP contribution in [0.2, 0.25) is 0 Å². The summed E-state index contributed by atoms with van der Waals surface area (Å²) in [5.74, 6) is 0.538. The molecule has 1 aromatic carbocycles. The maximum atomic E-state index is 12.6. The smallest absolute Gasteiger partial charge is 0.253 e. The van der Waals surface area contributed by atoms with Gasteiger partial charge in [-0.1, -0.05) is 0 Å². The van der Waals surface area contributed by atoms with Crippen LogP contribution in [0.1, 0.15) is 35.2 Å². The Balaban J connectivity index is 0.00000176. The van der Waals surface area contributed by atoms with Crippen LogP contribution in [0.15, 0.2) is 18.2 Å². The summed E-state index contributed by atoms with van der Waals surface area (Å²) in [6.07, 6.45) is 3.32. The average Bonchev–Trinajstić information content (AvgIpc) is 2.53. The van der Waals surface area contributed by atoms with Gasteiger partial charge in [0, 0.05) is 30.8 Å². The lowest BCUT2D eigenvalue weighted by Crippen LogP contribution is -2.42. The predicted octanol–water partition coefficient (Wildman–Crippen LogP) is 1.80. The first kappa shape index (κ1) is 16.8. The van der Waals surface area contributed by atoms with Crippen LogP contribution in [0, 0.1) is 5.92 Å². The molecule has 1 aromatic rings. The summed E-state index contributed by atoms with van der Waals surface area (Å²) in [5.41, 5.74) is 8.32. The number of carbonyl (C=O) groups is 2.